The lowest BCUT2D eigenvalue weighted by Gasteiger charge is -2.29. The summed E-state index contributed by atoms with van der Waals surface area (Å²) in [5.74, 6) is 0.150. The van der Waals surface area contributed by atoms with Crippen LogP contribution in [-0.4, -0.2) is 35.4 Å². The van der Waals surface area contributed by atoms with E-state index in [1.807, 2.05) is 6.07 Å². The number of nitrogens with zero attached hydrogens (tertiary/aromatic N) is 2. The zero-order valence-corrected chi connectivity index (χ0v) is 18.3. The molecule has 1 unspecified atom stereocenters. The number of thiophene rings is 1. The van der Waals surface area contributed by atoms with Gasteiger partial charge in [-0.25, -0.2) is 4.98 Å². The predicted molar refractivity (Wildman–Crippen MR) is 120 cm³/mol. The number of para-hydroxylation sites is 1. The molecule has 0 saturated carbocycles. The SMILES string of the molecule is CCN(CC)C(CNC(=O)CCCCc1nc2ccccc2s1)c1ccsc1. The topological polar surface area (TPSA) is 45.2 Å². The molecule has 1 N–H and O–H groups in total. The van der Waals surface area contributed by atoms with Gasteiger partial charge in [-0.3, -0.25) is 9.69 Å². The Labute approximate surface area is 175 Å². The summed E-state index contributed by atoms with van der Waals surface area (Å²) in [6.07, 6.45) is 3.43. The Bertz CT molecular complexity index is 823. The molecular weight excluding hydrogens is 386 g/mol. The standard InChI is InChI=1S/C22H29N3OS2/c1-3-25(4-2)19(17-13-14-27-16-17)15-23-21(26)11-7-8-12-22-24-18-9-5-6-10-20(18)28-22/h5-6,9-10,13-14,16,19H,3-4,7-8,11-12,15H2,1-2H3,(H,23,26). The maximum Gasteiger partial charge on any atom is 0.220 e. The van der Waals surface area contributed by atoms with Gasteiger partial charge in [-0.05, 0) is 66.9 Å². The van der Waals surface area contributed by atoms with Crippen LogP contribution in [0, 0.1) is 0 Å². The number of amides is 1. The average molecular weight is 416 g/mol. The first-order valence-electron chi connectivity index (χ1n) is 10.1. The van der Waals surface area contributed by atoms with Crippen LogP contribution in [0.2, 0.25) is 0 Å². The molecule has 0 spiro atoms. The zero-order chi connectivity index (χ0) is 19.8. The van der Waals surface area contributed by atoms with Gasteiger partial charge in [0.1, 0.15) is 0 Å². The quantitative estimate of drug-likeness (QED) is 0.434. The van der Waals surface area contributed by atoms with Crippen molar-refractivity contribution in [2.24, 2.45) is 0 Å². The molecule has 1 atom stereocenters. The molecule has 0 saturated heterocycles. The lowest BCUT2D eigenvalue weighted by molar-refractivity contribution is -0.121. The number of unbranched alkanes of at least 4 members (excludes halogenated alkanes) is 1. The van der Waals surface area contributed by atoms with Gasteiger partial charge in [0.15, 0.2) is 0 Å². The van der Waals surface area contributed by atoms with Crippen LogP contribution >= 0.6 is 22.7 Å². The zero-order valence-electron chi connectivity index (χ0n) is 16.7. The van der Waals surface area contributed by atoms with Crippen LogP contribution < -0.4 is 5.32 Å². The molecule has 150 valence electrons. The molecule has 3 aromatic rings. The smallest absolute Gasteiger partial charge is 0.220 e. The molecule has 0 aliphatic rings. The molecule has 3 rings (SSSR count). The van der Waals surface area contributed by atoms with E-state index in [-0.39, 0.29) is 11.9 Å². The van der Waals surface area contributed by atoms with Crippen molar-refractivity contribution >= 4 is 38.8 Å². The minimum atomic E-state index is 0.150. The largest absolute Gasteiger partial charge is 0.354 e. The molecule has 28 heavy (non-hydrogen) atoms. The number of carbonyl (C=O) groups is 1. The number of carbonyl (C=O) groups excluding carboxylic acids is 1. The molecule has 0 aliphatic heterocycles. The van der Waals surface area contributed by atoms with Crippen molar-refractivity contribution in [1.29, 1.82) is 0 Å². The van der Waals surface area contributed by atoms with Gasteiger partial charge in [0.05, 0.1) is 21.3 Å². The Morgan fingerprint density at radius 2 is 2.00 bits per heavy atom. The van der Waals surface area contributed by atoms with Crippen molar-refractivity contribution in [3.63, 3.8) is 0 Å². The summed E-state index contributed by atoms with van der Waals surface area (Å²) in [5, 5.41) is 8.61. The number of aryl methyl sites for hydroxylation is 1. The molecule has 2 heterocycles. The van der Waals surface area contributed by atoms with E-state index in [1.165, 1.54) is 15.3 Å². The maximum atomic E-state index is 12.3. The predicted octanol–water partition coefficient (Wildman–Crippen LogP) is 5.27. The van der Waals surface area contributed by atoms with Gasteiger partial charge in [-0.2, -0.15) is 11.3 Å². The fourth-order valence-corrected chi connectivity index (χ4v) is 5.19. The number of hydrogen-bond acceptors (Lipinski definition) is 5. The fourth-order valence-electron chi connectivity index (χ4n) is 3.47. The Kier molecular flexibility index (Phi) is 8.01. The second-order valence-corrected chi connectivity index (χ2v) is 8.78. The number of nitrogens with one attached hydrogen (secondary N) is 1. The van der Waals surface area contributed by atoms with Crippen LogP contribution in [0.1, 0.15) is 49.7 Å². The van der Waals surface area contributed by atoms with E-state index in [4.69, 9.17) is 0 Å². The summed E-state index contributed by atoms with van der Waals surface area (Å²) in [4.78, 5) is 19.4. The number of fused-ring (bicyclic) bond motifs is 1. The van der Waals surface area contributed by atoms with Gasteiger partial charge in [-0.1, -0.05) is 26.0 Å². The molecule has 6 heteroatoms. The Hall–Kier alpha value is -1.76. The van der Waals surface area contributed by atoms with Crippen LogP contribution in [0.3, 0.4) is 0 Å². The number of rotatable bonds is 11. The highest BCUT2D eigenvalue weighted by atomic mass is 32.1. The molecule has 0 fully saturated rings. The van der Waals surface area contributed by atoms with Gasteiger partial charge in [0.2, 0.25) is 5.91 Å². The van der Waals surface area contributed by atoms with Gasteiger partial charge in [0, 0.05) is 13.0 Å². The van der Waals surface area contributed by atoms with Crippen molar-refractivity contribution in [2.45, 2.75) is 45.6 Å². The Morgan fingerprint density at radius 1 is 1.18 bits per heavy atom. The van der Waals surface area contributed by atoms with Crippen molar-refractivity contribution in [1.82, 2.24) is 15.2 Å². The third kappa shape index (κ3) is 5.63. The Morgan fingerprint density at radius 3 is 2.71 bits per heavy atom. The summed E-state index contributed by atoms with van der Waals surface area (Å²) >= 11 is 3.47. The molecule has 0 radical (unpaired) electrons. The molecular formula is C22H29N3OS2. The van der Waals surface area contributed by atoms with E-state index in [0.29, 0.717) is 13.0 Å². The number of hydrogen-bond donors (Lipinski definition) is 1. The van der Waals surface area contributed by atoms with Gasteiger partial charge in [-0.15, -0.1) is 11.3 Å². The molecule has 1 amide bonds. The van der Waals surface area contributed by atoms with Crippen molar-refractivity contribution in [3.8, 4) is 0 Å². The third-order valence-electron chi connectivity index (χ3n) is 5.06. The minimum absolute atomic E-state index is 0.150. The van der Waals surface area contributed by atoms with Gasteiger partial charge < -0.3 is 5.32 Å². The van der Waals surface area contributed by atoms with Crippen molar-refractivity contribution in [2.75, 3.05) is 19.6 Å². The number of likely N-dealkylation sites (N-methyl/N-ethyl adjacent to an activating group) is 1. The van der Waals surface area contributed by atoms with E-state index in [0.717, 1.165) is 37.9 Å². The van der Waals surface area contributed by atoms with E-state index >= 15 is 0 Å². The summed E-state index contributed by atoms with van der Waals surface area (Å²) in [7, 11) is 0. The first-order valence-corrected chi connectivity index (χ1v) is 11.8. The van der Waals surface area contributed by atoms with Crippen molar-refractivity contribution < 1.29 is 4.79 Å². The van der Waals surface area contributed by atoms with Crippen LogP contribution in [-0.2, 0) is 11.2 Å². The highest BCUT2D eigenvalue weighted by Gasteiger charge is 2.19. The molecule has 0 bridgehead atoms. The second-order valence-electron chi connectivity index (χ2n) is 6.88. The van der Waals surface area contributed by atoms with Crippen molar-refractivity contribution in [3.05, 3.63) is 51.7 Å². The minimum Gasteiger partial charge on any atom is -0.354 e. The summed E-state index contributed by atoms with van der Waals surface area (Å²) in [5.41, 5.74) is 2.38. The van der Waals surface area contributed by atoms with E-state index in [9.17, 15) is 4.79 Å². The van der Waals surface area contributed by atoms with E-state index < -0.39 is 0 Å². The first-order chi connectivity index (χ1) is 13.7. The summed E-state index contributed by atoms with van der Waals surface area (Å²) in [6, 6.07) is 10.7. The molecule has 2 aromatic heterocycles. The lowest BCUT2D eigenvalue weighted by atomic mass is 10.1. The third-order valence-corrected chi connectivity index (χ3v) is 6.85. The number of thiazole rings is 1. The van der Waals surface area contributed by atoms with Crippen LogP contribution in [0.25, 0.3) is 10.2 Å². The van der Waals surface area contributed by atoms with Gasteiger partial charge >= 0.3 is 0 Å². The first kappa shape index (κ1) is 21.0. The monoisotopic (exact) mass is 415 g/mol. The highest BCUT2D eigenvalue weighted by Crippen LogP contribution is 2.23. The summed E-state index contributed by atoms with van der Waals surface area (Å²) in [6.45, 7) is 6.98. The number of aromatic nitrogens is 1. The van der Waals surface area contributed by atoms with E-state index in [2.05, 4.69) is 64.1 Å². The maximum absolute atomic E-state index is 12.3. The average Bonchev–Trinajstić information content (AvgIpc) is 3.38. The second kappa shape index (κ2) is 10.7. The molecule has 0 aliphatic carbocycles. The van der Waals surface area contributed by atoms with Crippen LogP contribution in [0.5, 0.6) is 0 Å². The van der Waals surface area contributed by atoms with Crippen LogP contribution in [0.4, 0.5) is 0 Å². The van der Waals surface area contributed by atoms with Gasteiger partial charge in [0.25, 0.3) is 0 Å². The highest BCUT2D eigenvalue weighted by molar-refractivity contribution is 7.18. The lowest BCUT2D eigenvalue weighted by Crippen LogP contribution is -2.37. The molecule has 1 aromatic carbocycles. The summed E-state index contributed by atoms with van der Waals surface area (Å²) < 4.78 is 1.24. The Balaban J connectivity index is 1.41. The number of benzene rings is 1. The van der Waals surface area contributed by atoms with Crippen LogP contribution in [0.15, 0.2) is 41.1 Å². The normalized spacial score (nSPS) is 12.5. The molecule has 4 nitrogen and oxygen atoms in total. The fraction of sp³-hybridized carbons (Fsp3) is 0.455. The van der Waals surface area contributed by atoms with E-state index in [1.54, 1.807) is 22.7 Å².